The first-order valence-corrected chi connectivity index (χ1v) is 7.57. The van der Waals surface area contributed by atoms with Crippen LogP contribution in [0, 0.1) is 10.1 Å². The van der Waals surface area contributed by atoms with Crippen LogP contribution >= 0.6 is 22.9 Å². The summed E-state index contributed by atoms with van der Waals surface area (Å²) in [4.78, 5) is 11.6. The smallest absolute Gasteiger partial charge is 0.275 e. The number of non-ortho nitro benzene ring substituents is 1. The Hall–Kier alpha value is -1.79. The molecule has 0 fully saturated rings. The van der Waals surface area contributed by atoms with Gasteiger partial charge in [-0.05, 0) is 26.0 Å². The fourth-order valence-electron chi connectivity index (χ4n) is 1.77. The average molecular weight is 327 g/mol. The van der Waals surface area contributed by atoms with E-state index >= 15 is 0 Å². The van der Waals surface area contributed by atoms with E-state index in [0.29, 0.717) is 18.0 Å². The summed E-state index contributed by atoms with van der Waals surface area (Å²) in [6.07, 6.45) is -0.0454. The molecule has 0 saturated heterocycles. The maximum atomic E-state index is 11.0. The number of anilines is 1. The van der Waals surface area contributed by atoms with E-state index in [9.17, 15) is 10.1 Å². The summed E-state index contributed by atoms with van der Waals surface area (Å²) in [7, 11) is 0. The van der Waals surface area contributed by atoms with Gasteiger partial charge in [-0.3, -0.25) is 10.1 Å². The Morgan fingerprint density at radius 1 is 1.38 bits per heavy atom. The zero-order valence-corrected chi connectivity index (χ0v) is 13.2. The summed E-state index contributed by atoms with van der Waals surface area (Å²) in [5.74, 6) is 0.478. The van der Waals surface area contributed by atoms with Gasteiger partial charge < -0.3 is 10.1 Å². The van der Waals surface area contributed by atoms with Crippen molar-refractivity contribution < 1.29 is 9.66 Å². The normalized spacial score (nSPS) is 10.7. The Kier molecular flexibility index (Phi) is 5.03. The van der Waals surface area contributed by atoms with Gasteiger partial charge in [0.05, 0.1) is 21.4 Å². The van der Waals surface area contributed by atoms with Crippen molar-refractivity contribution in [1.29, 1.82) is 0 Å². The van der Waals surface area contributed by atoms with E-state index in [0.717, 1.165) is 9.21 Å². The maximum absolute atomic E-state index is 11.0. The van der Waals surface area contributed by atoms with Crippen molar-refractivity contribution in [1.82, 2.24) is 0 Å². The number of nitrogens with one attached hydrogen (secondary N) is 1. The fourth-order valence-corrected chi connectivity index (χ4v) is 2.79. The molecule has 0 unspecified atom stereocenters. The average Bonchev–Trinajstić information content (AvgIpc) is 2.81. The first kappa shape index (κ1) is 15.6. The number of ether oxygens (including phenoxy) is 1. The van der Waals surface area contributed by atoms with Gasteiger partial charge in [0.25, 0.3) is 5.69 Å². The molecule has 0 radical (unpaired) electrons. The minimum absolute atomic E-state index is 0.000128. The summed E-state index contributed by atoms with van der Waals surface area (Å²) in [5.41, 5.74) is 0.643. The van der Waals surface area contributed by atoms with Crippen molar-refractivity contribution in [2.75, 3.05) is 5.32 Å². The van der Waals surface area contributed by atoms with Gasteiger partial charge in [0.2, 0.25) is 0 Å². The van der Waals surface area contributed by atoms with E-state index in [1.807, 2.05) is 26.0 Å². The monoisotopic (exact) mass is 326 g/mol. The largest absolute Gasteiger partial charge is 0.491 e. The molecule has 1 heterocycles. The third-order valence-corrected chi connectivity index (χ3v) is 3.80. The molecule has 0 aliphatic rings. The Morgan fingerprint density at radius 3 is 2.71 bits per heavy atom. The minimum atomic E-state index is -0.430. The van der Waals surface area contributed by atoms with Gasteiger partial charge in [0.1, 0.15) is 5.75 Å². The predicted molar refractivity (Wildman–Crippen MR) is 85.5 cm³/mol. The van der Waals surface area contributed by atoms with E-state index in [4.69, 9.17) is 16.3 Å². The van der Waals surface area contributed by atoms with Gasteiger partial charge in [0.15, 0.2) is 0 Å². The van der Waals surface area contributed by atoms with E-state index in [-0.39, 0.29) is 11.8 Å². The third-order valence-electron chi connectivity index (χ3n) is 2.57. The second-order valence-electron chi connectivity index (χ2n) is 4.70. The van der Waals surface area contributed by atoms with Gasteiger partial charge in [-0.25, -0.2) is 0 Å². The number of nitro benzene ring substituents is 1. The molecule has 1 N–H and O–H groups in total. The summed E-state index contributed by atoms with van der Waals surface area (Å²) < 4.78 is 6.26. The second kappa shape index (κ2) is 6.78. The lowest BCUT2D eigenvalue weighted by Crippen LogP contribution is -2.06. The first-order chi connectivity index (χ1) is 9.94. The van der Waals surface area contributed by atoms with Crippen LogP contribution in [0.5, 0.6) is 5.75 Å². The molecule has 0 aliphatic carbocycles. The lowest BCUT2D eigenvalue weighted by molar-refractivity contribution is -0.384. The Labute approximate surface area is 131 Å². The number of nitrogens with zero attached hydrogens (tertiary/aromatic N) is 1. The van der Waals surface area contributed by atoms with Crippen molar-refractivity contribution in [2.45, 2.75) is 26.5 Å². The van der Waals surface area contributed by atoms with Crippen molar-refractivity contribution in [2.24, 2.45) is 0 Å². The second-order valence-corrected chi connectivity index (χ2v) is 6.50. The highest BCUT2D eigenvalue weighted by Gasteiger charge is 2.11. The highest BCUT2D eigenvalue weighted by molar-refractivity contribution is 7.16. The molecule has 0 aliphatic heterocycles. The fraction of sp³-hybridized carbons (Fsp3) is 0.286. The molecule has 0 spiro atoms. The maximum Gasteiger partial charge on any atom is 0.275 e. The zero-order chi connectivity index (χ0) is 15.4. The zero-order valence-electron chi connectivity index (χ0n) is 11.6. The number of hydrogen-bond donors (Lipinski definition) is 1. The molecule has 21 heavy (non-hydrogen) atoms. The number of hydrogen-bond acceptors (Lipinski definition) is 5. The predicted octanol–water partition coefficient (Wildman–Crippen LogP) is 4.71. The van der Waals surface area contributed by atoms with Crippen LogP contribution in [0.25, 0.3) is 0 Å². The van der Waals surface area contributed by atoms with E-state index in [1.54, 1.807) is 6.07 Å². The van der Waals surface area contributed by atoms with Gasteiger partial charge in [-0.2, -0.15) is 0 Å². The number of rotatable bonds is 6. The molecule has 7 heteroatoms. The molecule has 0 saturated carbocycles. The number of thiophene rings is 1. The molecule has 5 nitrogen and oxygen atoms in total. The minimum Gasteiger partial charge on any atom is -0.491 e. The van der Waals surface area contributed by atoms with Crippen molar-refractivity contribution >= 4 is 34.3 Å². The van der Waals surface area contributed by atoms with E-state index in [2.05, 4.69) is 5.32 Å². The van der Waals surface area contributed by atoms with Gasteiger partial charge >= 0.3 is 0 Å². The first-order valence-electron chi connectivity index (χ1n) is 6.38. The van der Waals surface area contributed by atoms with Crippen LogP contribution < -0.4 is 10.1 Å². The van der Waals surface area contributed by atoms with Gasteiger partial charge in [-0.15, -0.1) is 11.3 Å². The summed E-state index contributed by atoms with van der Waals surface area (Å²) in [5, 5.41) is 14.1. The van der Waals surface area contributed by atoms with Crippen LogP contribution in [0.2, 0.25) is 4.34 Å². The molecule has 2 rings (SSSR count). The molecular weight excluding hydrogens is 312 g/mol. The Bertz CT molecular complexity index is 643. The molecule has 0 atom stereocenters. The summed E-state index contributed by atoms with van der Waals surface area (Å²) in [6.45, 7) is 4.30. The molecule has 2 aromatic rings. The van der Waals surface area contributed by atoms with E-state index < -0.39 is 4.92 Å². The SMILES string of the molecule is CC(C)Oc1cc(NCc2ccc(Cl)s2)cc([N+](=O)[O-])c1. The van der Waals surface area contributed by atoms with Crippen LogP contribution in [-0.2, 0) is 6.54 Å². The lowest BCUT2D eigenvalue weighted by Gasteiger charge is -2.12. The lowest BCUT2D eigenvalue weighted by atomic mass is 10.2. The molecular formula is C14H15ClN2O3S. The number of halogens is 1. The van der Waals surface area contributed by atoms with Crippen LogP contribution in [0.4, 0.5) is 11.4 Å². The van der Waals surface area contributed by atoms with Gasteiger partial charge in [0, 0.05) is 29.2 Å². The Balaban J connectivity index is 2.16. The summed E-state index contributed by atoms with van der Waals surface area (Å²) in [6, 6.07) is 8.41. The standard InChI is InChI=1S/C14H15ClN2O3S/c1-9(2)20-12-6-10(5-11(7-12)17(18)19)16-8-13-3-4-14(15)21-13/h3-7,9,16H,8H2,1-2H3. The Morgan fingerprint density at radius 2 is 2.14 bits per heavy atom. The van der Waals surface area contributed by atoms with Crippen LogP contribution in [0.3, 0.4) is 0 Å². The topological polar surface area (TPSA) is 64.4 Å². The van der Waals surface area contributed by atoms with Crippen molar-refractivity contribution in [3.63, 3.8) is 0 Å². The molecule has 1 aromatic carbocycles. The molecule has 0 amide bonds. The van der Waals surface area contributed by atoms with Gasteiger partial charge in [-0.1, -0.05) is 11.6 Å². The van der Waals surface area contributed by atoms with E-state index in [1.165, 1.54) is 23.5 Å². The van der Waals surface area contributed by atoms with Crippen molar-refractivity contribution in [3.05, 3.63) is 49.7 Å². The molecule has 0 bridgehead atoms. The highest BCUT2D eigenvalue weighted by atomic mass is 35.5. The quantitative estimate of drug-likeness (QED) is 0.616. The van der Waals surface area contributed by atoms with Crippen LogP contribution in [0.1, 0.15) is 18.7 Å². The summed E-state index contributed by atoms with van der Waals surface area (Å²) >= 11 is 7.34. The van der Waals surface area contributed by atoms with Crippen LogP contribution in [0.15, 0.2) is 30.3 Å². The number of benzene rings is 1. The molecule has 112 valence electrons. The number of nitro groups is 1. The van der Waals surface area contributed by atoms with Crippen LogP contribution in [-0.4, -0.2) is 11.0 Å². The third kappa shape index (κ3) is 4.61. The highest BCUT2D eigenvalue weighted by Crippen LogP contribution is 2.28. The molecule has 1 aromatic heterocycles. The van der Waals surface area contributed by atoms with Crippen molar-refractivity contribution in [3.8, 4) is 5.75 Å².